The molecule has 0 saturated carbocycles. The molecular formula is C19H22N2O2. The fraction of sp³-hybridized carbons (Fsp3) is 0.316. The first kappa shape index (κ1) is 15.6. The van der Waals surface area contributed by atoms with Gasteiger partial charge < -0.3 is 14.4 Å². The molecule has 0 fully saturated rings. The summed E-state index contributed by atoms with van der Waals surface area (Å²) < 4.78 is 7.83. The monoisotopic (exact) mass is 310 g/mol. The maximum absolute atomic E-state index is 10.4. The van der Waals surface area contributed by atoms with E-state index in [1.165, 1.54) is 0 Å². The van der Waals surface area contributed by atoms with Crippen LogP contribution in [0.1, 0.15) is 26.1 Å². The molecule has 120 valence electrons. The van der Waals surface area contributed by atoms with Crippen LogP contribution in [0.5, 0.6) is 5.75 Å². The Bertz CT molecular complexity index is 773. The van der Waals surface area contributed by atoms with Gasteiger partial charge in [-0.25, -0.2) is 4.98 Å². The Kier molecular flexibility index (Phi) is 4.35. The van der Waals surface area contributed by atoms with Gasteiger partial charge in [0.15, 0.2) is 0 Å². The molecule has 0 bridgehead atoms. The normalized spacial score (nSPS) is 11.8. The SMILES string of the molecule is CC(C)(O)c1nc2ccccc2n1CCCOc1ccccc1. The quantitative estimate of drug-likeness (QED) is 0.706. The van der Waals surface area contributed by atoms with Gasteiger partial charge in [-0.3, -0.25) is 0 Å². The molecule has 0 amide bonds. The van der Waals surface area contributed by atoms with E-state index in [1.54, 1.807) is 13.8 Å². The fourth-order valence-electron chi connectivity index (χ4n) is 2.70. The van der Waals surface area contributed by atoms with E-state index >= 15 is 0 Å². The zero-order valence-electron chi connectivity index (χ0n) is 13.6. The maximum Gasteiger partial charge on any atom is 0.141 e. The van der Waals surface area contributed by atoms with Gasteiger partial charge in [0.1, 0.15) is 17.2 Å². The number of aliphatic hydroxyl groups is 1. The van der Waals surface area contributed by atoms with Gasteiger partial charge in [-0.15, -0.1) is 0 Å². The molecular weight excluding hydrogens is 288 g/mol. The summed E-state index contributed by atoms with van der Waals surface area (Å²) in [7, 11) is 0. The van der Waals surface area contributed by atoms with Gasteiger partial charge in [-0.05, 0) is 44.5 Å². The van der Waals surface area contributed by atoms with Crippen molar-refractivity contribution in [3.05, 3.63) is 60.4 Å². The molecule has 4 nitrogen and oxygen atoms in total. The van der Waals surface area contributed by atoms with E-state index in [4.69, 9.17) is 4.74 Å². The molecule has 0 spiro atoms. The maximum atomic E-state index is 10.4. The Balaban J connectivity index is 1.74. The van der Waals surface area contributed by atoms with Gasteiger partial charge in [-0.1, -0.05) is 30.3 Å². The van der Waals surface area contributed by atoms with Crippen molar-refractivity contribution in [2.24, 2.45) is 0 Å². The second-order valence-corrected chi connectivity index (χ2v) is 6.15. The average molecular weight is 310 g/mol. The van der Waals surface area contributed by atoms with E-state index in [1.807, 2.05) is 54.6 Å². The van der Waals surface area contributed by atoms with Crippen LogP contribution in [0.3, 0.4) is 0 Å². The summed E-state index contributed by atoms with van der Waals surface area (Å²) in [6.45, 7) is 4.92. The number of aromatic nitrogens is 2. The first-order chi connectivity index (χ1) is 11.1. The van der Waals surface area contributed by atoms with Crippen LogP contribution >= 0.6 is 0 Å². The van der Waals surface area contributed by atoms with Crippen molar-refractivity contribution in [1.82, 2.24) is 9.55 Å². The van der Waals surface area contributed by atoms with Gasteiger partial charge >= 0.3 is 0 Å². The van der Waals surface area contributed by atoms with E-state index < -0.39 is 5.60 Å². The number of benzene rings is 2. The van der Waals surface area contributed by atoms with Crippen LogP contribution < -0.4 is 4.74 Å². The Morgan fingerprint density at radius 3 is 2.48 bits per heavy atom. The molecule has 0 aliphatic heterocycles. The molecule has 0 saturated heterocycles. The molecule has 1 heterocycles. The predicted octanol–water partition coefficient (Wildman–Crippen LogP) is 3.73. The molecule has 0 radical (unpaired) electrons. The molecule has 0 aliphatic carbocycles. The van der Waals surface area contributed by atoms with Crippen LogP contribution in [0.4, 0.5) is 0 Å². The van der Waals surface area contributed by atoms with Gasteiger partial charge in [0.05, 0.1) is 17.6 Å². The summed E-state index contributed by atoms with van der Waals surface area (Å²) >= 11 is 0. The number of ether oxygens (including phenoxy) is 1. The largest absolute Gasteiger partial charge is 0.494 e. The zero-order chi connectivity index (χ0) is 16.3. The highest BCUT2D eigenvalue weighted by atomic mass is 16.5. The van der Waals surface area contributed by atoms with E-state index in [0.29, 0.717) is 12.4 Å². The van der Waals surface area contributed by atoms with Crippen molar-refractivity contribution in [3.63, 3.8) is 0 Å². The second-order valence-electron chi connectivity index (χ2n) is 6.15. The average Bonchev–Trinajstić information content (AvgIpc) is 2.92. The molecule has 0 atom stereocenters. The van der Waals surface area contributed by atoms with Gasteiger partial charge in [0.25, 0.3) is 0 Å². The minimum Gasteiger partial charge on any atom is -0.494 e. The lowest BCUT2D eigenvalue weighted by molar-refractivity contribution is 0.0649. The van der Waals surface area contributed by atoms with E-state index in [0.717, 1.165) is 29.7 Å². The number of hydrogen-bond acceptors (Lipinski definition) is 3. The Labute approximate surface area is 136 Å². The number of rotatable bonds is 6. The van der Waals surface area contributed by atoms with Gasteiger partial charge in [0, 0.05) is 6.54 Å². The molecule has 3 aromatic rings. The molecule has 2 aromatic carbocycles. The third kappa shape index (κ3) is 3.54. The minimum absolute atomic E-state index is 0.627. The van der Waals surface area contributed by atoms with E-state index in [2.05, 4.69) is 9.55 Å². The van der Waals surface area contributed by atoms with E-state index in [-0.39, 0.29) is 0 Å². The molecule has 3 rings (SSSR count). The van der Waals surface area contributed by atoms with Crippen LogP contribution in [0.25, 0.3) is 11.0 Å². The highest BCUT2D eigenvalue weighted by Gasteiger charge is 2.24. The zero-order valence-corrected chi connectivity index (χ0v) is 13.6. The number of hydrogen-bond donors (Lipinski definition) is 1. The topological polar surface area (TPSA) is 47.3 Å². The fourth-order valence-corrected chi connectivity index (χ4v) is 2.70. The van der Waals surface area contributed by atoms with Crippen LogP contribution in [0.15, 0.2) is 54.6 Å². The summed E-state index contributed by atoms with van der Waals surface area (Å²) in [5.41, 5.74) is 0.984. The molecule has 4 heteroatoms. The third-order valence-electron chi connectivity index (χ3n) is 3.74. The Morgan fingerprint density at radius 1 is 1.04 bits per heavy atom. The van der Waals surface area contributed by atoms with Crippen LogP contribution in [0, 0.1) is 0 Å². The second kappa shape index (κ2) is 6.42. The lowest BCUT2D eigenvalue weighted by Crippen LogP contribution is -2.22. The number of fused-ring (bicyclic) bond motifs is 1. The highest BCUT2D eigenvalue weighted by molar-refractivity contribution is 5.76. The molecule has 0 aliphatic rings. The van der Waals surface area contributed by atoms with Gasteiger partial charge in [-0.2, -0.15) is 0 Å². The molecule has 0 unspecified atom stereocenters. The number of aryl methyl sites for hydroxylation is 1. The minimum atomic E-state index is -0.973. The molecule has 1 N–H and O–H groups in total. The number of para-hydroxylation sites is 3. The summed E-state index contributed by atoms with van der Waals surface area (Å²) in [5.74, 6) is 1.57. The van der Waals surface area contributed by atoms with Crippen LogP contribution in [-0.4, -0.2) is 21.3 Å². The first-order valence-corrected chi connectivity index (χ1v) is 7.92. The van der Waals surface area contributed by atoms with Crippen LogP contribution in [-0.2, 0) is 12.1 Å². The van der Waals surface area contributed by atoms with E-state index in [9.17, 15) is 5.11 Å². The van der Waals surface area contributed by atoms with Gasteiger partial charge in [0.2, 0.25) is 0 Å². The lowest BCUT2D eigenvalue weighted by atomic mass is 10.1. The summed E-state index contributed by atoms with van der Waals surface area (Å²) in [6.07, 6.45) is 0.846. The Hall–Kier alpha value is -2.33. The van der Waals surface area contributed by atoms with Crippen molar-refractivity contribution in [1.29, 1.82) is 0 Å². The summed E-state index contributed by atoms with van der Waals surface area (Å²) in [4.78, 5) is 4.59. The smallest absolute Gasteiger partial charge is 0.141 e. The summed E-state index contributed by atoms with van der Waals surface area (Å²) in [6, 6.07) is 17.8. The van der Waals surface area contributed by atoms with Crippen molar-refractivity contribution in [3.8, 4) is 5.75 Å². The van der Waals surface area contributed by atoms with Crippen molar-refractivity contribution < 1.29 is 9.84 Å². The van der Waals surface area contributed by atoms with Crippen molar-refractivity contribution >= 4 is 11.0 Å². The van der Waals surface area contributed by atoms with Crippen molar-refractivity contribution in [2.75, 3.05) is 6.61 Å². The number of nitrogens with zero attached hydrogens (tertiary/aromatic N) is 2. The highest BCUT2D eigenvalue weighted by Crippen LogP contribution is 2.25. The molecule has 23 heavy (non-hydrogen) atoms. The van der Waals surface area contributed by atoms with Crippen LogP contribution in [0.2, 0.25) is 0 Å². The number of imidazole rings is 1. The lowest BCUT2D eigenvalue weighted by Gasteiger charge is -2.19. The third-order valence-corrected chi connectivity index (χ3v) is 3.74. The predicted molar refractivity (Wildman–Crippen MR) is 91.5 cm³/mol. The Morgan fingerprint density at radius 2 is 1.74 bits per heavy atom. The molecule has 1 aromatic heterocycles. The van der Waals surface area contributed by atoms with Crippen molar-refractivity contribution in [2.45, 2.75) is 32.4 Å². The standard InChI is InChI=1S/C19H22N2O2/c1-19(2,22)18-20-16-11-6-7-12-17(16)21(18)13-8-14-23-15-9-4-3-5-10-15/h3-7,9-12,22H,8,13-14H2,1-2H3. The summed E-state index contributed by atoms with van der Waals surface area (Å²) in [5, 5.41) is 10.4. The first-order valence-electron chi connectivity index (χ1n) is 7.92.